The Morgan fingerprint density at radius 2 is 1.56 bits per heavy atom. The number of ether oxygens (including phenoxy) is 2. The lowest BCUT2D eigenvalue weighted by atomic mass is 9.63. The van der Waals surface area contributed by atoms with Crippen molar-refractivity contribution in [3.05, 3.63) is 105 Å². The molecule has 0 spiro atoms. The highest BCUT2D eigenvalue weighted by Gasteiger charge is 2.67. The number of para-hydroxylation sites is 1. The number of hydrogen-bond donors (Lipinski definition) is 0. The minimum absolute atomic E-state index is 0.0581. The van der Waals surface area contributed by atoms with E-state index in [4.69, 9.17) is 21.1 Å². The average Bonchev–Trinajstić information content (AvgIpc) is 3.79. The van der Waals surface area contributed by atoms with Gasteiger partial charge in [-0.25, -0.2) is 9.69 Å². The first-order valence-electron chi connectivity index (χ1n) is 13.8. The average molecular weight is 599 g/mol. The van der Waals surface area contributed by atoms with Gasteiger partial charge in [0.05, 0.1) is 33.0 Å². The standard InChI is InChI=1S/C32H23ClN2O8/c33-24-5-2-6-25(35(40)41)29(24)43-19-9-7-16(8-10-19)26(36)15-42-32(39)17-3-1-4-18(13-17)34-30(37)27-20-11-12-21(23-14-22(20)23)28(27)31(34)38/h1-13,20-23,27-28H,14-15H2/t20-,21-,22-,23+,27-,28+/m0/s1. The second-order valence-corrected chi connectivity index (χ2v) is 11.6. The number of nitro groups is 1. The number of carbonyl (C=O) groups is 4. The van der Waals surface area contributed by atoms with E-state index in [-0.39, 0.29) is 68.8 Å². The number of hydrogen-bond acceptors (Lipinski definition) is 8. The molecule has 0 radical (unpaired) electrons. The van der Waals surface area contributed by atoms with Crippen LogP contribution in [0.2, 0.25) is 5.02 Å². The summed E-state index contributed by atoms with van der Waals surface area (Å²) in [6, 6.07) is 16.0. The number of imide groups is 1. The van der Waals surface area contributed by atoms with Crippen molar-refractivity contribution in [2.24, 2.45) is 35.5 Å². The third kappa shape index (κ3) is 4.49. The molecule has 1 saturated heterocycles. The summed E-state index contributed by atoms with van der Waals surface area (Å²) in [6.45, 7) is -0.553. The van der Waals surface area contributed by atoms with Crippen LogP contribution in [-0.4, -0.2) is 35.1 Å². The molecule has 4 aliphatic carbocycles. The summed E-state index contributed by atoms with van der Waals surface area (Å²) in [5.41, 5.74) is 0.336. The van der Waals surface area contributed by atoms with Crippen LogP contribution in [0.1, 0.15) is 27.1 Å². The zero-order valence-electron chi connectivity index (χ0n) is 22.4. The number of carbonyl (C=O) groups excluding carboxylic acids is 4. The van der Waals surface area contributed by atoms with Gasteiger partial charge in [-0.2, -0.15) is 0 Å². The zero-order valence-corrected chi connectivity index (χ0v) is 23.2. The molecule has 8 rings (SSSR count). The van der Waals surface area contributed by atoms with Gasteiger partial charge >= 0.3 is 11.7 Å². The molecule has 3 fully saturated rings. The minimum atomic E-state index is -0.777. The third-order valence-corrected chi connectivity index (χ3v) is 9.17. The van der Waals surface area contributed by atoms with E-state index in [9.17, 15) is 29.3 Å². The van der Waals surface area contributed by atoms with E-state index in [1.807, 2.05) is 0 Å². The number of allylic oxidation sites excluding steroid dienone is 2. The van der Waals surface area contributed by atoms with E-state index < -0.39 is 23.3 Å². The molecular formula is C32H23ClN2O8. The largest absolute Gasteiger partial charge is 0.454 e. The monoisotopic (exact) mass is 598 g/mol. The van der Waals surface area contributed by atoms with Crippen LogP contribution in [0.4, 0.5) is 11.4 Å². The lowest BCUT2D eigenvalue weighted by molar-refractivity contribution is -0.385. The molecule has 3 aromatic carbocycles. The molecule has 2 bridgehead atoms. The minimum Gasteiger partial charge on any atom is -0.454 e. The van der Waals surface area contributed by atoms with Crippen LogP contribution >= 0.6 is 11.6 Å². The maximum atomic E-state index is 13.4. The SMILES string of the molecule is O=C(COC(=O)c1cccc(N2C(=O)[C@@H]3[C@H]4C=C[C@@H]([C@@H]5C[C@H]45)[C@@H]3C2=O)c1)c1ccc(Oc2c(Cl)cccc2[N+](=O)[O-])cc1. The highest BCUT2D eigenvalue weighted by atomic mass is 35.5. The Labute approximate surface area is 250 Å². The van der Waals surface area contributed by atoms with Gasteiger partial charge in [0.25, 0.3) is 0 Å². The van der Waals surface area contributed by atoms with E-state index in [0.29, 0.717) is 17.5 Å². The molecule has 0 N–H and O–H groups in total. The summed E-state index contributed by atoms with van der Waals surface area (Å²) in [7, 11) is 0. The van der Waals surface area contributed by atoms with Crippen molar-refractivity contribution in [3.8, 4) is 11.5 Å². The molecule has 5 aliphatic rings. The van der Waals surface area contributed by atoms with E-state index in [2.05, 4.69) is 12.2 Å². The van der Waals surface area contributed by atoms with Crippen molar-refractivity contribution in [1.82, 2.24) is 0 Å². The molecule has 3 aromatic rings. The summed E-state index contributed by atoms with van der Waals surface area (Å²) in [5, 5.41) is 11.3. The molecule has 0 aromatic heterocycles. The lowest BCUT2D eigenvalue weighted by Crippen LogP contribution is -2.40. The second-order valence-electron chi connectivity index (χ2n) is 11.2. The topological polar surface area (TPSA) is 133 Å². The van der Waals surface area contributed by atoms with E-state index in [1.165, 1.54) is 59.5 Å². The first-order chi connectivity index (χ1) is 20.7. The predicted molar refractivity (Wildman–Crippen MR) is 153 cm³/mol. The van der Waals surface area contributed by atoms with Gasteiger partial charge in [0.15, 0.2) is 12.4 Å². The molecule has 11 heteroatoms. The fourth-order valence-electron chi connectivity index (χ4n) is 6.85. The summed E-state index contributed by atoms with van der Waals surface area (Å²) in [6.07, 6.45) is 5.28. The Kier molecular flexibility index (Phi) is 6.39. The molecule has 2 amide bonds. The first-order valence-corrected chi connectivity index (χ1v) is 14.2. The van der Waals surface area contributed by atoms with Crippen molar-refractivity contribution in [1.29, 1.82) is 0 Å². The Hall–Kier alpha value is -4.83. The Bertz CT molecular complexity index is 1720. The predicted octanol–water partition coefficient (Wildman–Crippen LogP) is 5.64. The number of ketones is 1. The molecule has 1 heterocycles. The highest BCUT2D eigenvalue weighted by Crippen LogP contribution is 2.65. The fraction of sp³-hybridized carbons (Fsp3) is 0.250. The van der Waals surface area contributed by atoms with E-state index in [1.54, 1.807) is 12.1 Å². The molecule has 6 atom stereocenters. The van der Waals surface area contributed by atoms with Gasteiger partial charge in [-0.1, -0.05) is 35.9 Å². The molecule has 2 saturated carbocycles. The number of halogens is 1. The van der Waals surface area contributed by atoms with Crippen LogP contribution in [0.15, 0.2) is 78.9 Å². The normalized spacial score (nSPS) is 26.1. The van der Waals surface area contributed by atoms with E-state index in [0.717, 1.165) is 6.42 Å². The Morgan fingerprint density at radius 3 is 2.21 bits per heavy atom. The molecule has 1 aliphatic heterocycles. The van der Waals surface area contributed by atoms with Gasteiger partial charge < -0.3 is 9.47 Å². The fourth-order valence-corrected chi connectivity index (χ4v) is 7.06. The summed E-state index contributed by atoms with van der Waals surface area (Å²) >= 11 is 6.07. The number of nitrogens with zero attached hydrogens (tertiary/aromatic N) is 2. The number of Topliss-reactive ketones (excluding diaryl/α,β-unsaturated/α-hetero) is 1. The Balaban J connectivity index is 0.999. The van der Waals surface area contributed by atoms with Gasteiger partial charge in [0, 0.05) is 11.6 Å². The maximum Gasteiger partial charge on any atom is 0.338 e. The Morgan fingerprint density at radius 1 is 0.907 bits per heavy atom. The molecule has 10 nitrogen and oxygen atoms in total. The van der Waals surface area contributed by atoms with Gasteiger partial charge in [0.1, 0.15) is 5.75 Å². The zero-order chi connectivity index (χ0) is 30.0. The smallest absolute Gasteiger partial charge is 0.338 e. The summed E-state index contributed by atoms with van der Waals surface area (Å²) in [4.78, 5) is 64.3. The summed E-state index contributed by atoms with van der Waals surface area (Å²) in [5.74, 6) is -1.17. The van der Waals surface area contributed by atoms with Gasteiger partial charge in [-0.3, -0.25) is 24.5 Å². The van der Waals surface area contributed by atoms with Crippen LogP contribution in [0.3, 0.4) is 0 Å². The number of benzene rings is 3. The molecule has 216 valence electrons. The van der Waals surface area contributed by atoms with Crippen molar-refractivity contribution < 1.29 is 33.6 Å². The number of nitro benzene ring substituents is 1. The van der Waals surface area contributed by atoms with Crippen LogP contribution in [0.5, 0.6) is 11.5 Å². The van der Waals surface area contributed by atoms with Crippen LogP contribution in [0.25, 0.3) is 0 Å². The second kappa shape index (κ2) is 10.2. The summed E-state index contributed by atoms with van der Waals surface area (Å²) < 4.78 is 10.8. The number of rotatable bonds is 8. The molecular weight excluding hydrogens is 576 g/mol. The van der Waals surface area contributed by atoms with E-state index >= 15 is 0 Å². The van der Waals surface area contributed by atoms with Crippen LogP contribution in [0, 0.1) is 45.6 Å². The maximum absolute atomic E-state index is 13.4. The quantitative estimate of drug-likeness (QED) is 0.0812. The van der Waals surface area contributed by atoms with Crippen LogP contribution < -0.4 is 9.64 Å². The molecule has 0 unspecified atom stereocenters. The third-order valence-electron chi connectivity index (χ3n) is 8.88. The van der Waals surface area contributed by atoms with Crippen molar-refractivity contribution in [2.45, 2.75) is 6.42 Å². The number of esters is 1. The van der Waals surface area contributed by atoms with Gasteiger partial charge in [-0.15, -0.1) is 0 Å². The first kappa shape index (κ1) is 27.0. The van der Waals surface area contributed by atoms with Crippen molar-refractivity contribution in [3.63, 3.8) is 0 Å². The van der Waals surface area contributed by atoms with Gasteiger partial charge in [0.2, 0.25) is 17.6 Å². The molecule has 43 heavy (non-hydrogen) atoms. The number of amides is 2. The van der Waals surface area contributed by atoms with Crippen LogP contribution in [-0.2, 0) is 14.3 Å². The lowest BCUT2D eigenvalue weighted by Gasteiger charge is -2.37. The van der Waals surface area contributed by atoms with Gasteiger partial charge in [-0.05, 0) is 78.6 Å². The number of anilines is 1. The van der Waals surface area contributed by atoms with Crippen molar-refractivity contribution in [2.75, 3.05) is 11.5 Å². The van der Waals surface area contributed by atoms with Crippen molar-refractivity contribution >= 4 is 46.5 Å². The highest BCUT2D eigenvalue weighted by molar-refractivity contribution is 6.32.